The standard InChI is InChI=1S/C19H15N5O3S2/c25-15(23-12-3-1-5-20-7-12)8-21-16(26)9-24-11-22-18-17(19(24)27)13(10-29-18)14-4-2-6-28-14/h1-7,10-11H,8-9H2,(H,21,26)(H,23,25). The van der Waals surface area contributed by atoms with E-state index in [-0.39, 0.29) is 24.6 Å². The third-order valence-electron chi connectivity index (χ3n) is 4.05. The van der Waals surface area contributed by atoms with E-state index in [0.717, 1.165) is 10.4 Å². The smallest absolute Gasteiger partial charge is 0.263 e. The number of hydrogen-bond acceptors (Lipinski definition) is 7. The van der Waals surface area contributed by atoms with E-state index in [1.165, 1.54) is 39.8 Å². The van der Waals surface area contributed by atoms with Gasteiger partial charge in [0, 0.05) is 22.0 Å². The summed E-state index contributed by atoms with van der Waals surface area (Å²) in [5.74, 6) is -0.840. The molecular formula is C19H15N5O3S2. The molecule has 10 heteroatoms. The molecule has 0 unspecified atom stereocenters. The molecule has 0 saturated heterocycles. The summed E-state index contributed by atoms with van der Waals surface area (Å²) in [6, 6.07) is 7.25. The second kappa shape index (κ2) is 8.33. The average Bonchev–Trinajstić information content (AvgIpc) is 3.39. The van der Waals surface area contributed by atoms with E-state index in [1.54, 1.807) is 18.3 Å². The van der Waals surface area contributed by atoms with Crippen molar-refractivity contribution in [1.82, 2.24) is 19.9 Å². The fourth-order valence-corrected chi connectivity index (χ4v) is 4.45. The lowest BCUT2D eigenvalue weighted by atomic mass is 10.2. The molecule has 2 N–H and O–H groups in total. The maximum absolute atomic E-state index is 12.9. The van der Waals surface area contributed by atoms with Gasteiger partial charge >= 0.3 is 0 Å². The number of hydrogen-bond donors (Lipinski definition) is 2. The molecule has 0 fully saturated rings. The van der Waals surface area contributed by atoms with E-state index in [4.69, 9.17) is 0 Å². The Morgan fingerprint density at radius 2 is 2.03 bits per heavy atom. The fourth-order valence-electron chi connectivity index (χ4n) is 2.72. The molecule has 0 bridgehead atoms. The Bertz CT molecular complexity index is 1220. The maximum Gasteiger partial charge on any atom is 0.263 e. The van der Waals surface area contributed by atoms with Gasteiger partial charge in [-0.3, -0.25) is 23.9 Å². The number of nitrogens with zero attached hydrogens (tertiary/aromatic N) is 3. The Hall–Kier alpha value is -3.37. The first-order chi connectivity index (χ1) is 14.1. The minimum absolute atomic E-state index is 0.211. The predicted octanol–water partition coefficient (Wildman–Crippen LogP) is 2.34. The lowest BCUT2D eigenvalue weighted by Crippen LogP contribution is -2.37. The second-order valence-electron chi connectivity index (χ2n) is 6.05. The van der Waals surface area contributed by atoms with Crippen LogP contribution in [0.2, 0.25) is 0 Å². The molecule has 0 aliphatic heterocycles. The minimum Gasteiger partial charge on any atom is -0.345 e. The summed E-state index contributed by atoms with van der Waals surface area (Å²) < 4.78 is 1.25. The second-order valence-corrected chi connectivity index (χ2v) is 7.86. The first kappa shape index (κ1) is 19.0. The number of pyridine rings is 1. The van der Waals surface area contributed by atoms with Gasteiger partial charge in [0.2, 0.25) is 11.8 Å². The van der Waals surface area contributed by atoms with Crippen LogP contribution in [0.25, 0.3) is 20.7 Å². The molecule has 4 heterocycles. The zero-order valence-electron chi connectivity index (χ0n) is 15.0. The number of carbonyl (C=O) groups excluding carboxylic acids is 2. The molecule has 2 amide bonds. The highest BCUT2D eigenvalue weighted by Gasteiger charge is 2.15. The molecule has 0 saturated carbocycles. The molecule has 0 aromatic carbocycles. The summed E-state index contributed by atoms with van der Waals surface area (Å²) in [6.07, 6.45) is 4.46. The van der Waals surface area contributed by atoms with Crippen LogP contribution in [0, 0.1) is 0 Å². The number of thiophene rings is 2. The van der Waals surface area contributed by atoms with Gasteiger partial charge in [-0.25, -0.2) is 4.98 Å². The number of rotatable bonds is 6. The summed E-state index contributed by atoms with van der Waals surface area (Å²) >= 11 is 2.93. The van der Waals surface area contributed by atoms with Gasteiger partial charge in [-0.05, 0) is 23.6 Å². The number of nitrogens with one attached hydrogen (secondary N) is 2. The molecule has 0 atom stereocenters. The van der Waals surface area contributed by atoms with Crippen LogP contribution in [0.1, 0.15) is 0 Å². The molecule has 4 aromatic rings. The Labute approximate surface area is 172 Å². The highest BCUT2D eigenvalue weighted by atomic mass is 32.1. The number of fused-ring (bicyclic) bond motifs is 1. The average molecular weight is 425 g/mol. The monoisotopic (exact) mass is 425 g/mol. The Kier molecular flexibility index (Phi) is 5.45. The van der Waals surface area contributed by atoms with Crippen molar-refractivity contribution < 1.29 is 9.59 Å². The van der Waals surface area contributed by atoms with E-state index < -0.39 is 5.91 Å². The maximum atomic E-state index is 12.9. The van der Waals surface area contributed by atoms with Gasteiger partial charge in [0.15, 0.2) is 0 Å². The molecule has 0 spiro atoms. The number of amides is 2. The van der Waals surface area contributed by atoms with Crippen molar-refractivity contribution in [3.8, 4) is 10.4 Å². The zero-order chi connectivity index (χ0) is 20.2. The molecule has 146 valence electrons. The Morgan fingerprint density at radius 1 is 1.14 bits per heavy atom. The molecule has 4 aromatic heterocycles. The van der Waals surface area contributed by atoms with Crippen molar-refractivity contribution in [3.63, 3.8) is 0 Å². The summed E-state index contributed by atoms with van der Waals surface area (Å²) in [4.78, 5) is 46.8. The summed E-state index contributed by atoms with van der Waals surface area (Å²) in [7, 11) is 0. The van der Waals surface area contributed by atoms with Gasteiger partial charge in [-0.1, -0.05) is 6.07 Å². The minimum atomic E-state index is -0.456. The fraction of sp³-hybridized carbons (Fsp3) is 0.105. The molecule has 29 heavy (non-hydrogen) atoms. The molecule has 0 aliphatic rings. The topological polar surface area (TPSA) is 106 Å². The van der Waals surface area contributed by atoms with Gasteiger partial charge in [0.05, 0.1) is 30.1 Å². The van der Waals surface area contributed by atoms with Crippen molar-refractivity contribution in [3.05, 3.63) is 64.1 Å². The van der Waals surface area contributed by atoms with E-state index >= 15 is 0 Å². The van der Waals surface area contributed by atoms with Crippen LogP contribution >= 0.6 is 22.7 Å². The predicted molar refractivity (Wildman–Crippen MR) is 113 cm³/mol. The van der Waals surface area contributed by atoms with E-state index in [0.29, 0.717) is 15.9 Å². The van der Waals surface area contributed by atoms with Crippen LogP contribution in [0.3, 0.4) is 0 Å². The zero-order valence-corrected chi connectivity index (χ0v) is 16.6. The van der Waals surface area contributed by atoms with Gasteiger partial charge < -0.3 is 10.6 Å². The van der Waals surface area contributed by atoms with E-state index in [1.807, 2.05) is 22.9 Å². The lowest BCUT2D eigenvalue weighted by molar-refractivity contribution is -0.124. The number of anilines is 1. The third kappa shape index (κ3) is 4.23. The first-order valence-electron chi connectivity index (χ1n) is 8.59. The highest BCUT2D eigenvalue weighted by Crippen LogP contribution is 2.33. The molecule has 0 radical (unpaired) electrons. The van der Waals surface area contributed by atoms with E-state index in [2.05, 4.69) is 20.6 Å². The van der Waals surface area contributed by atoms with Gasteiger partial charge in [0.25, 0.3) is 5.56 Å². The van der Waals surface area contributed by atoms with Gasteiger partial charge in [0.1, 0.15) is 11.4 Å². The van der Waals surface area contributed by atoms with Crippen molar-refractivity contribution >= 4 is 50.4 Å². The Balaban J connectivity index is 1.44. The van der Waals surface area contributed by atoms with Crippen molar-refractivity contribution in [2.45, 2.75) is 6.54 Å². The van der Waals surface area contributed by atoms with Gasteiger partial charge in [-0.15, -0.1) is 22.7 Å². The highest BCUT2D eigenvalue weighted by molar-refractivity contribution is 7.18. The van der Waals surface area contributed by atoms with Crippen LogP contribution in [0.5, 0.6) is 0 Å². The van der Waals surface area contributed by atoms with Crippen LogP contribution < -0.4 is 16.2 Å². The largest absolute Gasteiger partial charge is 0.345 e. The number of carbonyl (C=O) groups is 2. The quantitative estimate of drug-likeness (QED) is 0.493. The Morgan fingerprint density at radius 3 is 2.79 bits per heavy atom. The van der Waals surface area contributed by atoms with Crippen molar-refractivity contribution in [2.75, 3.05) is 11.9 Å². The first-order valence-corrected chi connectivity index (χ1v) is 10.3. The molecule has 4 rings (SSSR count). The molecular weight excluding hydrogens is 410 g/mol. The van der Waals surface area contributed by atoms with Crippen molar-refractivity contribution in [2.24, 2.45) is 0 Å². The summed E-state index contributed by atoms with van der Waals surface area (Å²) in [5.41, 5.74) is 1.08. The SMILES string of the molecule is O=C(Cn1cnc2scc(-c3cccs3)c2c1=O)NCC(=O)Nc1cccnc1. The van der Waals surface area contributed by atoms with Gasteiger partial charge in [-0.2, -0.15) is 0 Å². The van der Waals surface area contributed by atoms with Crippen LogP contribution in [0.15, 0.2) is 58.5 Å². The summed E-state index contributed by atoms with van der Waals surface area (Å²) in [5, 5.41) is 9.48. The van der Waals surface area contributed by atoms with Crippen LogP contribution in [0.4, 0.5) is 5.69 Å². The molecule has 0 aliphatic carbocycles. The number of aromatic nitrogens is 3. The summed E-state index contributed by atoms with van der Waals surface area (Å²) in [6.45, 7) is -0.432. The lowest BCUT2D eigenvalue weighted by Gasteiger charge is -2.08. The van der Waals surface area contributed by atoms with Crippen LogP contribution in [-0.2, 0) is 16.1 Å². The normalized spacial score (nSPS) is 10.8. The third-order valence-corrected chi connectivity index (χ3v) is 5.84. The van der Waals surface area contributed by atoms with Crippen molar-refractivity contribution in [1.29, 1.82) is 0 Å². The molecule has 8 nitrogen and oxygen atoms in total. The van der Waals surface area contributed by atoms with E-state index in [9.17, 15) is 14.4 Å². The van der Waals surface area contributed by atoms with Crippen LogP contribution in [-0.4, -0.2) is 32.9 Å².